The molecule has 1 fully saturated rings. The van der Waals surface area contributed by atoms with E-state index in [1.54, 1.807) is 6.92 Å². The number of thiazole rings is 1. The molecule has 1 amide bonds. The lowest BCUT2D eigenvalue weighted by Gasteiger charge is -2.32. The van der Waals surface area contributed by atoms with Gasteiger partial charge in [-0.25, -0.2) is 0 Å². The van der Waals surface area contributed by atoms with Crippen LogP contribution in [0.3, 0.4) is 0 Å². The zero-order valence-electron chi connectivity index (χ0n) is 13.4. The maximum Gasteiger partial charge on any atom is 0.305 e. The summed E-state index contributed by atoms with van der Waals surface area (Å²) < 4.78 is 0. The van der Waals surface area contributed by atoms with E-state index in [1.807, 2.05) is 24.3 Å². The van der Waals surface area contributed by atoms with Gasteiger partial charge < -0.3 is 15.2 Å². The Balaban J connectivity index is 1.67. The van der Waals surface area contributed by atoms with Crippen molar-refractivity contribution in [3.8, 4) is 0 Å². The van der Waals surface area contributed by atoms with Crippen molar-refractivity contribution in [2.24, 2.45) is 5.92 Å². The molecule has 0 bridgehead atoms. The fraction of sp³-hybridized carbons (Fsp3) is 0.412. The Labute approximate surface area is 139 Å². The molecular weight excluding hydrogens is 310 g/mol. The minimum atomic E-state index is -0.245. The molecule has 1 aliphatic heterocycles. The summed E-state index contributed by atoms with van der Waals surface area (Å²) in [4.78, 5) is 28.7. The maximum atomic E-state index is 12.2. The van der Waals surface area contributed by atoms with Crippen molar-refractivity contribution in [2.45, 2.75) is 26.7 Å². The number of hydrogen-bond acceptors (Lipinski definition) is 4. The van der Waals surface area contributed by atoms with Crippen LogP contribution in [-0.4, -0.2) is 24.0 Å². The van der Waals surface area contributed by atoms with Crippen LogP contribution in [0.2, 0.25) is 0 Å². The second-order valence-corrected chi connectivity index (χ2v) is 7.12. The molecule has 1 aliphatic rings. The third-order valence-corrected chi connectivity index (χ3v) is 5.29. The lowest BCUT2D eigenvalue weighted by atomic mass is 9.99. The monoisotopic (exact) mass is 331 g/mol. The molecule has 2 N–H and O–H groups in total. The number of aromatic amines is 1. The van der Waals surface area contributed by atoms with E-state index in [-0.39, 0.29) is 10.8 Å². The summed E-state index contributed by atoms with van der Waals surface area (Å²) in [5.74, 6) is 0.562. The SMILES string of the molecule is Cc1[nH]c(=O)sc1C(=O)Nc1ccc(N2CCC(C)CC2)cc1. The molecule has 2 aromatic rings. The predicted molar refractivity (Wildman–Crippen MR) is 94.7 cm³/mol. The van der Waals surface area contributed by atoms with Crippen molar-refractivity contribution >= 4 is 28.6 Å². The van der Waals surface area contributed by atoms with Crippen LogP contribution in [0.5, 0.6) is 0 Å². The Morgan fingerprint density at radius 2 is 1.91 bits per heavy atom. The molecule has 0 aliphatic carbocycles. The number of anilines is 2. The standard InChI is InChI=1S/C17H21N3O2S/c1-11-7-9-20(10-8-11)14-5-3-13(4-6-14)19-16(21)15-12(2)18-17(22)23-15/h3-6,11H,7-10H2,1-2H3,(H,18,22)(H,19,21). The summed E-state index contributed by atoms with van der Waals surface area (Å²) in [6.45, 7) is 6.20. The summed E-state index contributed by atoms with van der Waals surface area (Å²) in [6, 6.07) is 7.90. The second kappa shape index (κ2) is 6.58. The van der Waals surface area contributed by atoms with Gasteiger partial charge in [0, 0.05) is 30.2 Å². The molecular formula is C17H21N3O2S. The van der Waals surface area contributed by atoms with Gasteiger partial charge in [-0.1, -0.05) is 18.3 Å². The summed E-state index contributed by atoms with van der Waals surface area (Å²) in [5, 5.41) is 2.84. The highest BCUT2D eigenvalue weighted by molar-refractivity contribution is 7.11. The van der Waals surface area contributed by atoms with E-state index in [0.717, 1.165) is 36.0 Å². The lowest BCUT2D eigenvalue weighted by molar-refractivity contribution is 0.103. The highest BCUT2D eigenvalue weighted by Gasteiger charge is 2.16. The van der Waals surface area contributed by atoms with Crippen molar-refractivity contribution in [2.75, 3.05) is 23.3 Å². The van der Waals surface area contributed by atoms with E-state index in [1.165, 1.54) is 18.5 Å². The smallest absolute Gasteiger partial charge is 0.305 e. The zero-order valence-corrected chi connectivity index (χ0v) is 14.2. The van der Waals surface area contributed by atoms with Crippen LogP contribution >= 0.6 is 11.3 Å². The van der Waals surface area contributed by atoms with Gasteiger partial charge in [0.2, 0.25) is 0 Å². The predicted octanol–water partition coefficient (Wildman–Crippen LogP) is 3.23. The van der Waals surface area contributed by atoms with Crippen molar-refractivity contribution in [1.29, 1.82) is 0 Å². The Kier molecular flexibility index (Phi) is 4.52. The molecule has 1 aromatic heterocycles. The molecule has 0 saturated carbocycles. The van der Waals surface area contributed by atoms with Crippen LogP contribution in [-0.2, 0) is 0 Å². The Morgan fingerprint density at radius 1 is 1.26 bits per heavy atom. The number of aromatic nitrogens is 1. The summed E-state index contributed by atoms with van der Waals surface area (Å²) in [5.41, 5.74) is 2.54. The third-order valence-electron chi connectivity index (χ3n) is 4.31. The van der Waals surface area contributed by atoms with Crippen molar-refractivity contribution in [3.63, 3.8) is 0 Å². The maximum absolute atomic E-state index is 12.2. The van der Waals surface area contributed by atoms with Crippen molar-refractivity contribution in [1.82, 2.24) is 4.98 Å². The van der Waals surface area contributed by atoms with Gasteiger partial charge in [0.25, 0.3) is 5.91 Å². The fourth-order valence-corrected chi connectivity index (χ4v) is 3.57. The summed E-state index contributed by atoms with van der Waals surface area (Å²) in [7, 11) is 0. The molecule has 6 heteroatoms. The third kappa shape index (κ3) is 3.64. The van der Waals surface area contributed by atoms with E-state index in [9.17, 15) is 9.59 Å². The lowest BCUT2D eigenvalue weighted by Crippen LogP contribution is -2.32. The molecule has 1 aromatic carbocycles. The number of carbonyl (C=O) groups excluding carboxylic acids is 1. The Bertz CT molecular complexity index is 740. The van der Waals surface area contributed by atoms with Gasteiger partial charge in [-0.05, 0) is 49.9 Å². The van der Waals surface area contributed by atoms with E-state index in [4.69, 9.17) is 0 Å². The number of nitrogens with one attached hydrogen (secondary N) is 2. The Hall–Kier alpha value is -2.08. The highest BCUT2D eigenvalue weighted by Crippen LogP contribution is 2.24. The van der Waals surface area contributed by atoms with Crippen LogP contribution in [0.15, 0.2) is 29.1 Å². The van der Waals surface area contributed by atoms with Crippen LogP contribution in [0.1, 0.15) is 35.1 Å². The number of aryl methyl sites for hydroxylation is 1. The molecule has 0 unspecified atom stereocenters. The van der Waals surface area contributed by atoms with Crippen molar-refractivity contribution < 1.29 is 4.79 Å². The van der Waals surface area contributed by atoms with Crippen LogP contribution in [0.25, 0.3) is 0 Å². The zero-order chi connectivity index (χ0) is 16.4. The molecule has 3 rings (SSSR count). The number of benzene rings is 1. The van der Waals surface area contributed by atoms with Gasteiger partial charge in [0.05, 0.1) is 0 Å². The second-order valence-electron chi connectivity index (χ2n) is 6.14. The first-order valence-electron chi connectivity index (χ1n) is 7.89. The largest absolute Gasteiger partial charge is 0.372 e. The first kappa shape index (κ1) is 15.8. The number of rotatable bonds is 3. The van der Waals surface area contributed by atoms with Crippen LogP contribution in [0, 0.1) is 12.8 Å². The molecule has 0 atom stereocenters. The number of carbonyl (C=O) groups is 1. The molecule has 5 nitrogen and oxygen atoms in total. The van der Waals surface area contributed by atoms with E-state index >= 15 is 0 Å². The van der Waals surface area contributed by atoms with E-state index < -0.39 is 0 Å². The number of H-pyrrole nitrogens is 1. The van der Waals surface area contributed by atoms with Gasteiger partial charge in [-0.3, -0.25) is 9.59 Å². The van der Waals surface area contributed by atoms with Crippen LogP contribution in [0.4, 0.5) is 11.4 Å². The number of amides is 1. The van der Waals surface area contributed by atoms with Gasteiger partial charge in [-0.2, -0.15) is 0 Å². The van der Waals surface area contributed by atoms with Gasteiger partial charge in [-0.15, -0.1) is 0 Å². The minimum absolute atomic E-state index is 0.206. The summed E-state index contributed by atoms with van der Waals surface area (Å²) in [6.07, 6.45) is 2.45. The quantitative estimate of drug-likeness (QED) is 0.907. The minimum Gasteiger partial charge on any atom is -0.372 e. The first-order chi connectivity index (χ1) is 11.0. The molecule has 23 heavy (non-hydrogen) atoms. The average Bonchev–Trinajstić information content (AvgIpc) is 2.88. The van der Waals surface area contributed by atoms with Crippen LogP contribution < -0.4 is 15.1 Å². The van der Waals surface area contributed by atoms with Crippen molar-refractivity contribution in [3.05, 3.63) is 44.5 Å². The molecule has 2 heterocycles. The first-order valence-corrected chi connectivity index (χ1v) is 8.70. The Morgan fingerprint density at radius 3 is 2.48 bits per heavy atom. The molecule has 0 spiro atoms. The molecule has 0 radical (unpaired) electrons. The average molecular weight is 331 g/mol. The fourth-order valence-electron chi connectivity index (χ4n) is 2.83. The normalized spacial score (nSPS) is 15.7. The molecule has 122 valence electrons. The molecule has 1 saturated heterocycles. The number of hydrogen-bond donors (Lipinski definition) is 2. The number of nitrogens with zero attached hydrogens (tertiary/aromatic N) is 1. The number of piperidine rings is 1. The topological polar surface area (TPSA) is 65.2 Å². The van der Waals surface area contributed by atoms with Gasteiger partial charge >= 0.3 is 4.87 Å². The van der Waals surface area contributed by atoms with Gasteiger partial charge in [0.15, 0.2) is 0 Å². The van der Waals surface area contributed by atoms with E-state index in [0.29, 0.717) is 10.6 Å². The van der Waals surface area contributed by atoms with Gasteiger partial charge in [0.1, 0.15) is 4.88 Å². The summed E-state index contributed by atoms with van der Waals surface area (Å²) >= 11 is 0.936. The van der Waals surface area contributed by atoms with E-state index in [2.05, 4.69) is 22.1 Å². The highest BCUT2D eigenvalue weighted by atomic mass is 32.1.